The Morgan fingerprint density at radius 2 is 2.00 bits per heavy atom. The molecule has 0 saturated heterocycles. The van der Waals surface area contributed by atoms with Crippen LogP contribution < -0.4 is 10.1 Å². The minimum Gasteiger partial charge on any atom is -0.488 e. The van der Waals surface area contributed by atoms with E-state index in [4.69, 9.17) is 4.74 Å². The minimum atomic E-state index is -0.315. The zero-order chi connectivity index (χ0) is 23.1. The Kier molecular flexibility index (Phi) is 9.28. The number of amides is 2. The third-order valence-corrected chi connectivity index (χ3v) is 5.50. The van der Waals surface area contributed by atoms with Gasteiger partial charge in [-0.15, -0.1) is 0 Å². The van der Waals surface area contributed by atoms with Crippen molar-refractivity contribution in [1.82, 2.24) is 14.7 Å². The Morgan fingerprint density at radius 3 is 2.61 bits per heavy atom. The zero-order valence-electron chi connectivity index (χ0n) is 19.7. The number of fused-ring (bicyclic) bond motifs is 1. The van der Waals surface area contributed by atoms with Crippen LogP contribution in [-0.4, -0.2) is 98.2 Å². The van der Waals surface area contributed by atoms with Gasteiger partial charge in [0, 0.05) is 31.1 Å². The summed E-state index contributed by atoms with van der Waals surface area (Å²) < 4.78 is 6.27. The first-order valence-electron chi connectivity index (χ1n) is 10.9. The fraction of sp³-hybridized carbons (Fsp3) is 0.652. The first-order valence-corrected chi connectivity index (χ1v) is 10.9. The average molecular weight is 435 g/mol. The highest BCUT2D eigenvalue weighted by Crippen LogP contribution is 2.30. The van der Waals surface area contributed by atoms with Crippen molar-refractivity contribution >= 4 is 17.5 Å². The Bertz CT molecular complexity index is 753. The highest BCUT2D eigenvalue weighted by molar-refractivity contribution is 5.99. The summed E-state index contributed by atoms with van der Waals surface area (Å²) in [5.41, 5.74) is 0.974. The van der Waals surface area contributed by atoms with Gasteiger partial charge in [0.05, 0.1) is 18.2 Å². The van der Waals surface area contributed by atoms with Crippen molar-refractivity contribution in [2.75, 3.05) is 59.7 Å². The molecule has 0 unspecified atom stereocenters. The van der Waals surface area contributed by atoms with Crippen LogP contribution in [0.3, 0.4) is 0 Å². The van der Waals surface area contributed by atoms with Crippen LogP contribution in [0.25, 0.3) is 0 Å². The van der Waals surface area contributed by atoms with Crippen LogP contribution in [0, 0.1) is 5.92 Å². The van der Waals surface area contributed by atoms with E-state index in [0.29, 0.717) is 36.5 Å². The summed E-state index contributed by atoms with van der Waals surface area (Å²) in [6, 6.07) is 4.89. The van der Waals surface area contributed by atoms with E-state index in [1.807, 2.05) is 40.0 Å². The van der Waals surface area contributed by atoms with Gasteiger partial charge in [-0.25, -0.2) is 0 Å². The molecular weight excluding hydrogens is 396 g/mol. The van der Waals surface area contributed by atoms with Crippen LogP contribution in [0.15, 0.2) is 18.2 Å². The standard InChI is InChI=1S/C23H38N4O4/c1-16-13-27(17(2)15-28)23(30)19-12-18(24-22(29)8-7-11-25(3)4)9-10-20(19)31-21(16)14-26(5)6/h9-10,12,16-17,21,28H,7-8,11,13-15H2,1-6H3,(H,24,29)/t16-,17+,21+/m1/s1. The van der Waals surface area contributed by atoms with Gasteiger partial charge in [0.25, 0.3) is 5.91 Å². The van der Waals surface area contributed by atoms with Gasteiger partial charge in [0.1, 0.15) is 11.9 Å². The molecule has 1 aliphatic rings. The summed E-state index contributed by atoms with van der Waals surface area (Å²) in [4.78, 5) is 31.5. The predicted molar refractivity (Wildman–Crippen MR) is 123 cm³/mol. The maximum absolute atomic E-state index is 13.4. The summed E-state index contributed by atoms with van der Waals surface area (Å²) in [5, 5.41) is 12.6. The van der Waals surface area contributed by atoms with Gasteiger partial charge in [-0.3, -0.25) is 9.59 Å². The third kappa shape index (κ3) is 7.19. The maximum Gasteiger partial charge on any atom is 0.258 e. The molecule has 0 spiro atoms. The van der Waals surface area contributed by atoms with E-state index in [-0.39, 0.29) is 36.5 Å². The van der Waals surface area contributed by atoms with Crippen molar-refractivity contribution < 1.29 is 19.4 Å². The summed E-state index contributed by atoms with van der Waals surface area (Å²) >= 11 is 0. The molecule has 8 heteroatoms. The van der Waals surface area contributed by atoms with E-state index in [1.165, 1.54) is 0 Å². The smallest absolute Gasteiger partial charge is 0.258 e. The number of carbonyl (C=O) groups excluding carboxylic acids is 2. The highest BCUT2D eigenvalue weighted by Gasteiger charge is 2.33. The zero-order valence-corrected chi connectivity index (χ0v) is 19.7. The minimum absolute atomic E-state index is 0.0827. The number of aliphatic hydroxyl groups is 1. The number of ether oxygens (including phenoxy) is 1. The van der Waals surface area contributed by atoms with Crippen LogP contribution >= 0.6 is 0 Å². The first kappa shape index (κ1) is 25.1. The van der Waals surface area contributed by atoms with E-state index in [0.717, 1.165) is 13.0 Å². The number of hydrogen-bond donors (Lipinski definition) is 2. The number of nitrogens with one attached hydrogen (secondary N) is 1. The molecule has 1 aliphatic heterocycles. The Hall–Kier alpha value is -2.16. The molecule has 0 bridgehead atoms. The molecule has 2 N–H and O–H groups in total. The molecule has 1 heterocycles. The van der Waals surface area contributed by atoms with E-state index in [9.17, 15) is 14.7 Å². The topological polar surface area (TPSA) is 85.3 Å². The number of likely N-dealkylation sites (N-methyl/N-ethyl adjacent to an activating group) is 1. The molecule has 3 atom stereocenters. The molecular formula is C23H38N4O4. The fourth-order valence-electron chi connectivity index (χ4n) is 3.66. The number of carbonyl (C=O) groups is 2. The lowest BCUT2D eigenvalue weighted by Gasteiger charge is -2.37. The van der Waals surface area contributed by atoms with Gasteiger partial charge < -0.3 is 29.9 Å². The number of nitrogens with zero attached hydrogens (tertiary/aromatic N) is 3. The largest absolute Gasteiger partial charge is 0.488 e. The van der Waals surface area contributed by atoms with E-state index >= 15 is 0 Å². The molecule has 0 aliphatic carbocycles. The van der Waals surface area contributed by atoms with Gasteiger partial charge in [0.15, 0.2) is 0 Å². The van der Waals surface area contributed by atoms with Crippen molar-refractivity contribution in [2.45, 2.75) is 38.8 Å². The normalized spacial score (nSPS) is 20.2. The van der Waals surface area contributed by atoms with Crippen LogP contribution in [0.5, 0.6) is 5.75 Å². The molecule has 1 aromatic rings. The highest BCUT2D eigenvalue weighted by atomic mass is 16.5. The lowest BCUT2D eigenvalue weighted by molar-refractivity contribution is -0.116. The molecule has 1 aromatic carbocycles. The second kappa shape index (κ2) is 11.5. The molecule has 0 radical (unpaired) electrons. The SMILES string of the molecule is C[C@@H]1CN([C@@H](C)CO)C(=O)c2cc(NC(=O)CCCN(C)C)ccc2O[C@H]1CN(C)C. The Morgan fingerprint density at radius 1 is 1.29 bits per heavy atom. The van der Waals surface area contributed by atoms with Crippen molar-refractivity contribution in [1.29, 1.82) is 0 Å². The molecule has 0 saturated carbocycles. The lowest BCUT2D eigenvalue weighted by atomic mass is 9.99. The van der Waals surface area contributed by atoms with E-state index in [1.54, 1.807) is 23.1 Å². The Balaban J connectivity index is 2.30. The van der Waals surface area contributed by atoms with Gasteiger partial charge in [-0.2, -0.15) is 0 Å². The molecule has 2 amide bonds. The van der Waals surface area contributed by atoms with Crippen molar-refractivity contribution in [2.24, 2.45) is 5.92 Å². The van der Waals surface area contributed by atoms with Crippen molar-refractivity contribution in [3.8, 4) is 5.75 Å². The van der Waals surface area contributed by atoms with Crippen LogP contribution in [0.2, 0.25) is 0 Å². The maximum atomic E-state index is 13.4. The second-order valence-electron chi connectivity index (χ2n) is 9.05. The first-order chi connectivity index (χ1) is 14.6. The number of aliphatic hydroxyl groups excluding tert-OH is 1. The summed E-state index contributed by atoms with van der Waals surface area (Å²) in [5.74, 6) is 0.310. The van der Waals surface area contributed by atoms with E-state index < -0.39 is 0 Å². The lowest BCUT2D eigenvalue weighted by Crippen LogP contribution is -2.49. The van der Waals surface area contributed by atoms with Crippen LogP contribution in [0.4, 0.5) is 5.69 Å². The third-order valence-electron chi connectivity index (χ3n) is 5.50. The quantitative estimate of drug-likeness (QED) is 0.616. The van der Waals surface area contributed by atoms with Gasteiger partial charge in [-0.05, 0) is 66.3 Å². The predicted octanol–water partition coefficient (Wildman–Crippen LogP) is 1.75. The van der Waals surface area contributed by atoms with Gasteiger partial charge >= 0.3 is 0 Å². The van der Waals surface area contributed by atoms with Crippen molar-refractivity contribution in [3.63, 3.8) is 0 Å². The van der Waals surface area contributed by atoms with E-state index in [2.05, 4.69) is 17.1 Å². The Labute approximate surface area is 186 Å². The second-order valence-corrected chi connectivity index (χ2v) is 9.05. The number of hydrogen-bond acceptors (Lipinski definition) is 6. The molecule has 8 nitrogen and oxygen atoms in total. The molecule has 174 valence electrons. The number of anilines is 1. The van der Waals surface area contributed by atoms with Crippen molar-refractivity contribution in [3.05, 3.63) is 23.8 Å². The molecule has 0 aromatic heterocycles. The number of benzene rings is 1. The summed E-state index contributed by atoms with van der Waals surface area (Å²) in [7, 11) is 7.93. The van der Waals surface area contributed by atoms with Gasteiger partial charge in [0.2, 0.25) is 5.91 Å². The van der Waals surface area contributed by atoms with Crippen LogP contribution in [0.1, 0.15) is 37.0 Å². The average Bonchev–Trinajstić information content (AvgIpc) is 2.69. The molecule has 0 fully saturated rings. The van der Waals surface area contributed by atoms with Crippen LogP contribution in [-0.2, 0) is 4.79 Å². The molecule has 31 heavy (non-hydrogen) atoms. The summed E-state index contributed by atoms with van der Waals surface area (Å²) in [6.07, 6.45) is 1.06. The van der Waals surface area contributed by atoms with Gasteiger partial charge in [-0.1, -0.05) is 6.92 Å². The molecule has 2 rings (SSSR count). The number of rotatable bonds is 9. The fourth-order valence-corrected chi connectivity index (χ4v) is 3.66. The monoisotopic (exact) mass is 434 g/mol. The summed E-state index contributed by atoms with van der Waals surface area (Å²) in [6.45, 7) is 5.81.